The van der Waals surface area contributed by atoms with Crippen LogP contribution in [-0.2, 0) is 6.18 Å². The number of nitrogens with one attached hydrogen (secondary N) is 2. The second-order valence-corrected chi connectivity index (χ2v) is 7.19. The van der Waals surface area contributed by atoms with E-state index in [9.17, 15) is 22.8 Å². The molecular formula is C18H17ClF3N3O2. The lowest BCUT2D eigenvalue weighted by molar-refractivity contribution is -0.137. The van der Waals surface area contributed by atoms with Crippen molar-refractivity contribution in [3.05, 3.63) is 58.4 Å². The molecule has 2 amide bonds. The molecule has 2 rings (SSSR count). The molecule has 1 aromatic heterocycles. The van der Waals surface area contributed by atoms with E-state index in [4.69, 9.17) is 11.6 Å². The summed E-state index contributed by atoms with van der Waals surface area (Å²) in [7, 11) is 0. The van der Waals surface area contributed by atoms with Crippen molar-refractivity contribution in [3.63, 3.8) is 0 Å². The Morgan fingerprint density at radius 3 is 2.30 bits per heavy atom. The minimum atomic E-state index is -4.57. The van der Waals surface area contributed by atoms with E-state index < -0.39 is 29.1 Å². The largest absolute Gasteiger partial charge is 0.416 e. The van der Waals surface area contributed by atoms with Crippen LogP contribution >= 0.6 is 11.6 Å². The van der Waals surface area contributed by atoms with Crippen LogP contribution in [0.2, 0.25) is 5.02 Å². The topological polar surface area (TPSA) is 71.1 Å². The Hall–Kier alpha value is -2.61. The molecule has 5 nitrogen and oxygen atoms in total. The standard InChI is InChI=1S/C18H17ClF3N3O2/c1-17(2,3)25-16(27)14-8-10(6-7-23-14)15(26)24-13-9-11(18(20,21)22)4-5-12(13)19/h4-9H,1-3H3,(H,24,26)(H,25,27). The Morgan fingerprint density at radius 2 is 1.70 bits per heavy atom. The molecule has 0 atom stereocenters. The zero-order chi connectivity index (χ0) is 20.4. The van der Waals surface area contributed by atoms with Gasteiger partial charge in [0.1, 0.15) is 5.69 Å². The van der Waals surface area contributed by atoms with Crippen LogP contribution in [0.15, 0.2) is 36.5 Å². The molecule has 1 aromatic carbocycles. The van der Waals surface area contributed by atoms with E-state index in [2.05, 4.69) is 15.6 Å². The first-order chi connectivity index (χ1) is 12.4. The summed E-state index contributed by atoms with van der Waals surface area (Å²) < 4.78 is 38.5. The maximum Gasteiger partial charge on any atom is 0.416 e. The van der Waals surface area contributed by atoms with Gasteiger partial charge in [-0.25, -0.2) is 0 Å². The van der Waals surface area contributed by atoms with Crippen LogP contribution in [0.25, 0.3) is 0 Å². The van der Waals surface area contributed by atoms with Gasteiger partial charge in [-0.3, -0.25) is 14.6 Å². The maximum atomic E-state index is 12.8. The molecule has 2 N–H and O–H groups in total. The van der Waals surface area contributed by atoms with E-state index in [1.807, 2.05) is 0 Å². The summed E-state index contributed by atoms with van der Waals surface area (Å²) in [5.41, 5.74) is -1.57. The number of rotatable bonds is 3. The third-order valence-electron chi connectivity index (χ3n) is 3.29. The fourth-order valence-electron chi connectivity index (χ4n) is 2.09. The fraction of sp³-hybridized carbons (Fsp3) is 0.278. The van der Waals surface area contributed by atoms with Crippen LogP contribution in [0, 0.1) is 0 Å². The van der Waals surface area contributed by atoms with E-state index >= 15 is 0 Å². The summed E-state index contributed by atoms with van der Waals surface area (Å²) >= 11 is 5.87. The number of benzene rings is 1. The van der Waals surface area contributed by atoms with Gasteiger partial charge in [-0.2, -0.15) is 13.2 Å². The summed E-state index contributed by atoms with van der Waals surface area (Å²) in [5.74, 6) is -1.20. The summed E-state index contributed by atoms with van der Waals surface area (Å²) in [6.07, 6.45) is -3.31. The predicted octanol–water partition coefficient (Wildman–Crippen LogP) is 4.53. The molecule has 0 aliphatic rings. The Balaban J connectivity index is 2.25. The Bertz CT molecular complexity index is 877. The average molecular weight is 400 g/mol. The van der Waals surface area contributed by atoms with E-state index in [1.165, 1.54) is 18.3 Å². The lowest BCUT2D eigenvalue weighted by atomic mass is 10.1. The number of carbonyl (C=O) groups excluding carboxylic acids is 2. The molecule has 0 fully saturated rings. The van der Waals surface area contributed by atoms with Gasteiger partial charge >= 0.3 is 6.18 Å². The first-order valence-electron chi connectivity index (χ1n) is 7.83. The number of nitrogens with zero attached hydrogens (tertiary/aromatic N) is 1. The highest BCUT2D eigenvalue weighted by Gasteiger charge is 2.31. The number of halogens is 4. The summed E-state index contributed by atoms with van der Waals surface area (Å²) in [4.78, 5) is 28.4. The van der Waals surface area contributed by atoms with Crippen LogP contribution in [0.5, 0.6) is 0 Å². The molecule has 0 saturated heterocycles. The molecule has 0 spiro atoms. The van der Waals surface area contributed by atoms with Crippen LogP contribution < -0.4 is 10.6 Å². The molecule has 0 aliphatic heterocycles. The van der Waals surface area contributed by atoms with Gasteiger partial charge in [-0.1, -0.05) is 11.6 Å². The van der Waals surface area contributed by atoms with E-state index in [0.29, 0.717) is 0 Å². The van der Waals surface area contributed by atoms with Crippen LogP contribution in [0.1, 0.15) is 47.2 Å². The van der Waals surface area contributed by atoms with Crippen LogP contribution in [0.4, 0.5) is 18.9 Å². The van der Waals surface area contributed by atoms with Crippen molar-refractivity contribution in [1.82, 2.24) is 10.3 Å². The van der Waals surface area contributed by atoms with Crippen molar-refractivity contribution in [2.24, 2.45) is 0 Å². The van der Waals surface area contributed by atoms with Crippen molar-refractivity contribution in [1.29, 1.82) is 0 Å². The zero-order valence-corrected chi connectivity index (χ0v) is 15.5. The number of hydrogen-bond donors (Lipinski definition) is 2. The molecule has 144 valence electrons. The summed E-state index contributed by atoms with van der Waals surface area (Å²) in [6, 6.07) is 5.20. The number of aromatic nitrogens is 1. The number of alkyl halides is 3. The summed E-state index contributed by atoms with van der Waals surface area (Å²) in [6.45, 7) is 5.37. The maximum absolute atomic E-state index is 12.8. The molecule has 0 aliphatic carbocycles. The van der Waals surface area contributed by atoms with Gasteiger partial charge in [0.2, 0.25) is 0 Å². The number of anilines is 1. The van der Waals surface area contributed by atoms with Gasteiger partial charge in [-0.05, 0) is 51.1 Å². The van der Waals surface area contributed by atoms with Gasteiger partial charge in [0.25, 0.3) is 11.8 Å². The molecule has 0 unspecified atom stereocenters. The van der Waals surface area contributed by atoms with E-state index in [1.54, 1.807) is 20.8 Å². The van der Waals surface area contributed by atoms with Crippen LogP contribution in [0.3, 0.4) is 0 Å². The highest BCUT2D eigenvalue weighted by molar-refractivity contribution is 6.34. The van der Waals surface area contributed by atoms with Gasteiger partial charge < -0.3 is 10.6 Å². The molecule has 1 heterocycles. The van der Waals surface area contributed by atoms with Gasteiger partial charge in [0.05, 0.1) is 16.3 Å². The number of carbonyl (C=O) groups is 2. The van der Waals surface area contributed by atoms with Gasteiger partial charge in [-0.15, -0.1) is 0 Å². The Labute approximate surface area is 158 Å². The second-order valence-electron chi connectivity index (χ2n) is 6.78. The molecule has 9 heteroatoms. The smallest absolute Gasteiger partial charge is 0.346 e. The monoisotopic (exact) mass is 399 g/mol. The molecule has 27 heavy (non-hydrogen) atoms. The number of hydrogen-bond acceptors (Lipinski definition) is 3. The second kappa shape index (κ2) is 7.56. The molecule has 0 bridgehead atoms. The van der Waals surface area contributed by atoms with Crippen molar-refractivity contribution >= 4 is 29.1 Å². The number of amides is 2. The first kappa shape index (κ1) is 20.7. The quantitative estimate of drug-likeness (QED) is 0.796. The Kier molecular flexibility index (Phi) is 5.79. The molecule has 0 saturated carbocycles. The minimum absolute atomic E-state index is 0.00714. The Morgan fingerprint density at radius 1 is 1.04 bits per heavy atom. The lowest BCUT2D eigenvalue weighted by Gasteiger charge is -2.20. The highest BCUT2D eigenvalue weighted by atomic mass is 35.5. The highest BCUT2D eigenvalue weighted by Crippen LogP contribution is 2.34. The first-order valence-corrected chi connectivity index (χ1v) is 8.21. The predicted molar refractivity (Wildman–Crippen MR) is 95.9 cm³/mol. The van der Waals surface area contributed by atoms with E-state index in [0.717, 1.165) is 18.2 Å². The van der Waals surface area contributed by atoms with Gasteiger partial charge in [0, 0.05) is 17.3 Å². The fourth-order valence-corrected chi connectivity index (χ4v) is 2.26. The van der Waals surface area contributed by atoms with Crippen molar-refractivity contribution < 1.29 is 22.8 Å². The van der Waals surface area contributed by atoms with E-state index in [-0.39, 0.29) is 22.0 Å². The van der Waals surface area contributed by atoms with Gasteiger partial charge in [0.15, 0.2) is 0 Å². The lowest BCUT2D eigenvalue weighted by Crippen LogP contribution is -2.41. The molecule has 2 aromatic rings. The zero-order valence-electron chi connectivity index (χ0n) is 14.7. The molecule has 0 radical (unpaired) electrons. The SMILES string of the molecule is CC(C)(C)NC(=O)c1cc(C(=O)Nc2cc(C(F)(F)F)ccc2Cl)ccn1. The minimum Gasteiger partial charge on any atom is -0.346 e. The third-order valence-corrected chi connectivity index (χ3v) is 3.61. The van der Waals surface area contributed by atoms with Crippen molar-refractivity contribution in [2.45, 2.75) is 32.5 Å². The molecular weight excluding hydrogens is 383 g/mol. The van der Waals surface area contributed by atoms with Crippen molar-refractivity contribution in [3.8, 4) is 0 Å². The van der Waals surface area contributed by atoms with Crippen LogP contribution in [-0.4, -0.2) is 22.3 Å². The third kappa shape index (κ3) is 5.68. The normalized spacial score (nSPS) is 11.8. The van der Waals surface area contributed by atoms with Crippen molar-refractivity contribution in [2.75, 3.05) is 5.32 Å². The number of pyridine rings is 1. The average Bonchev–Trinajstić information content (AvgIpc) is 2.54. The summed E-state index contributed by atoms with van der Waals surface area (Å²) in [5, 5.41) is 4.98.